The quantitative estimate of drug-likeness (QED) is 0.409. The fourth-order valence-corrected chi connectivity index (χ4v) is 5.17. The Balaban J connectivity index is 1.40. The number of fused-ring (bicyclic) bond motifs is 1. The lowest BCUT2D eigenvalue weighted by Gasteiger charge is -2.33. The average Bonchev–Trinajstić information content (AvgIpc) is 3.24. The monoisotopic (exact) mass is 469 g/mol. The molecule has 0 aliphatic carbocycles. The van der Waals surface area contributed by atoms with Crippen LogP contribution in [0.2, 0.25) is 0 Å². The van der Waals surface area contributed by atoms with Crippen molar-refractivity contribution in [2.75, 3.05) is 63.9 Å². The number of benzene rings is 1. The molecular formula is C24H35N7O3+2. The van der Waals surface area contributed by atoms with Crippen molar-refractivity contribution >= 4 is 16.9 Å². The van der Waals surface area contributed by atoms with Gasteiger partial charge >= 0.3 is 5.69 Å². The highest BCUT2D eigenvalue weighted by Crippen LogP contribution is 2.13. The normalized spacial score (nSPS) is 18.1. The summed E-state index contributed by atoms with van der Waals surface area (Å²) in [5, 5.41) is 0. The van der Waals surface area contributed by atoms with E-state index in [4.69, 9.17) is 9.72 Å². The van der Waals surface area contributed by atoms with E-state index >= 15 is 0 Å². The number of para-hydroxylation sites is 1. The molecule has 3 aromatic rings. The number of aromatic nitrogens is 4. The first-order chi connectivity index (χ1) is 16.5. The topological polar surface area (TPSA) is 83.2 Å². The zero-order valence-corrected chi connectivity index (χ0v) is 20.1. The van der Waals surface area contributed by atoms with Crippen LogP contribution in [0.4, 0.5) is 5.69 Å². The molecule has 2 N–H and O–H groups in total. The Morgan fingerprint density at radius 3 is 2.35 bits per heavy atom. The van der Waals surface area contributed by atoms with Gasteiger partial charge in [0.1, 0.15) is 19.6 Å². The van der Waals surface area contributed by atoms with Crippen molar-refractivity contribution in [3.63, 3.8) is 0 Å². The molecule has 0 amide bonds. The number of morpholine rings is 1. The number of ether oxygens (including phenoxy) is 1. The maximum absolute atomic E-state index is 13.1. The third-order valence-electron chi connectivity index (χ3n) is 7.32. The van der Waals surface area contributed by atoms with E-state index in [1.54, 1.807) is 14.1 Å². The van der Waals surface area contributed by atoms with Crippen LogP contribution in [0.1, 0.15) is 5.82 Å². The summed E-state index contributed by atoms with van der Waals surface area (Å²) >= 11 is 0. The molecular weight excluding hydrogens is 434 g/mol. The maximum Gasteiger partial charge on any atom is 0.332 e. The zero-order valence-electron chi connectivity index (χ0n) is 20.1. The van der Waals surface area contributed by atoms with Gasteiger partial charge in [0.05, 0.1) is 52.5 Å². The Bertz CT molecular complexity index is 1250. The van der Waals surface area contributed by atoms with Crippen LogP contribution in [0.3, 0.4) is 0 Å². The van der Waals surface area contributed by atoms with E-state index in [1.165, 1.54) is 24.6 Å². The number of hydrogen-bond donors (Lipinski definition) is 2. The summed E-state index contributed by atoms with van der Waals surface area (Å²) in [7, 11) is 3.24. The number of quaternary nitrogens is 2. The molecule has 182 valence electrons. The molecule has 10 nitrogen and oxygen atoms in total. The minimum Gasteiger partial charge on any atom is -0.370 e. The number of nitrogens with one attached hydrogen (secondary N) is 2. The first-order valence-electron chi connectivity index (χ1n) is 12.2. The molecule has 0 saturated carbocycles. The first kappa shape index (κ1) is 22.8. The average molecular weight is 470 g/mol. The van der Waals surface area contributed by atoms with E-state index in [2.05, 4.69) is 33.7 Å². The van der Waals surface area contributed by atoms with Gasteiger partial charge in [-0.25, -0.2) is 9.78 Å². The summed E-state index contributed by atoms with van der Waals surface area (Å²) in [6.07, 6.45) is 0. The number of aryl methyl sites for hydroxylation is 1. The largest absolute Gasteiger partial charge is 0.370 e. The summed E-state index contributed by atoms with van der Waals surface area (Å²) in [5.74, 6) is 0.893. The lowest BCUT2D eigenvalue weighted by atomic mass is 10.2. The molecule has 5 rings (SSSR count). The van der Waals surface area contributed by atoms with Gasteiger partial charge in [-0.05, 0) is 12.1 Å². The molecule has 0 radical (unpaired) electrons. The van der Waals surface area contributed by atoms with E-state index in [1.807, 2.05) is 6.07 Å². The second kappa shape index (κ2) is 9.73. The van der Waals surface area contributed by atoms with Crippen molar-refractivity contribution < 1.29 is 14.5 Å². The fourth-order valence-electron chi connectivity index (χ4n) is 5.17. The number of piperazine rings is 1. The van der Waals surface area contributed by atoms with Gasteiger partial charge in [0.15, 0.2) is 17.0 Å². The standard InChI is InChI=1S/C24H33N7O3/c1-26-22-21(23(32)27(2)24(26)33)31(13-10-28-14-16-34-17-15-28)20(25-22)18-29-8-11-30(12-9-29)19-6-4-3-5-7-19/h3-7H,8-18H2,1-2H3/p+2. The second-order valence-corrected chi connectivity index (χ2v) is 9.42. The van der Waals surface area contributed by atoms with Gasteiger partial charge in [-0.2, -0.15) is 0 Å². The van der Waals surface area contributed by atoms with Gasteiger partial charge in [0, 0.05) is 19.8 Å². The van der Waals surface area contributed by atoms with Crippen molar-refractivity contribution in [1.29, 1.82) is 0 Å². The van der Waals surface area contributed by atoms with Gasteiger partial charge in [-0.1, -0.05) is 18.2 Å². The van der Waals surface area contributed by atoms with Crippen LogP contribution in [0, 0.1) is 0 Å². The van der Waals surface area contributed by atoms with Crippen LogP contribution in [0.25, 0.3) is 11.2 Å². The number of rotatable bonds is 6. The van der Waals surface area contributed by atoms with E-state index in [0.29, 0.717) is 17.7 Å². The summed E-state index contributed by atoms with van der Waals surface area (Å²) < 4.78 is 10.3. The predicted molar refractivity (Wildman–Crippen MR) is 130 cm³/mol. The molecule has 0 unspecified atom stereocenters. The predicted octanol–water partition coefficient (Wildman–Crippen LogP) is -2.75. The van der Waals surface area contributed by atoms with Crippen LogP contribution in [-0.2, 0) is 31.9 Å². The molecule has 10 heteroatoms. The highest BCUT2D eigenvalue weighted by Gasteiger charge is 2.26. The van der Waals surface area contributed by atoms with Crippen molar-refractivity contribution in [3.8, 4) is 0 Å². The smallest absolute Gasteiger partial charge is 0.332 e. The molecule has 0 bridgehead atoms. The van der Waals surface area contributed by atoms with Crippen LogP contribution < -0.4 is 25.9 Å². The molecule has 2 aromatic heterocycles. The maximum atomic E-state index is 13.1. The van der Waals surface area contributed by atoms with Crippen LogP contribution in [-0.4, -0.2) is 77.7 Å². The molecule has 4 heterocycles. The molecule has 2 saturated heterocycles. The zero-order chi connectivity index (χ0) is 23.7. The fraction of sp³-hybridized carbons (Fsp3) is 0.542. The van der Waals surface area contributed by atoms with Crippen LogP contribution >= 0.6 is 0 Å². The molecule has 0 atom stereocenters. The van der Waals surface area contributed by atoms with Crippen molar-refractivity contribution in [2.24, 2.45) is 14.1 Å². The summed E-state index contributed by atoms with van der Waals surface area (Å²) in [6, 6.07) is 10.5. The minimum absolute atomic E-state index is 0.266. The highest BCUT2D eigenvalue weighted by atomic mass is 16.5. The Kier molecular flexibility index (Phi) is 6.53. The molecule has 2 fully saturated rings. The third-order valence-corrected chi connectivity index (χ3v) is 7.32. The molecule has 34 heavy (non-hydrogen) atoms. The van der Waals surface area contributed by atoms with Crippen molar-refractivity contribution in [2.45, 2.75) is 13.1 Å². The summed E-state index contributed by atoms with van der Waals surface area (Å²) in [5.41, 5.74) is 1.69. The number of imidazole rings is 1. The van der Waals surface area contributed by atoms with E-state index < -0.39 is 0 Å². The van der Waals surface area contributed by atoms with Crippen molar-refractivity contribution in [1.82, 2.24) is 18.7 Å². The summed E-state index contributed by atoms with van der Waals surface area (Å²) in [6.45, 7) is 9.84. The Morgan fingerprint density at radius 2 is 1.65 bits per heavy atom. The Hall–Kier alpha value is -2.95. The molecule has 1 aromatic carbocycles. The molecule has 0 spiro atoms. The minimum atomic E-state index is -0.337. The molecule has 2 aliphatic heterocycles. The Morgan fingerprint density at radius 1 is 0.941 bits per heavy atom. The number of nitrogens with zero attached hydrogens (tertiary/aromatic N) is 5. The van der Waals surface area contributed by atoms with Gasteiger partial charge in [0.25, 0.3) is 5.56 Å². The Labute approximate surface area is 198 Å². The van der Waals surface area contributed by atoms with Gasteiger partial charge in [-0.3, -0.25) is 13.9 Å². The van der Waals surface area contributed by atoms with E-state index in [-0.39, 0.29) is 11.2 Å². The number of anilines is 1. The van der Waals surface area contributed by atoms with Gasteiger partial charge < -0.3 is 24.0 Å². The van der Waals surface area contributed by atoms with E-state index in [9.17, 15) is 9.59 Å². The van der Waals surface area contributed by atoms with E-state index in [0.717, 1.165) is 71.4 Å². The lowest BCUT2D eigenvalue weighted by Crippen LogP contribution is -3.14. The van der Waals surface area contributed by atoms with Crippen LogP contribution in [0.15, 0.2) is 39.9 Å². The van der Waals surface area contributed by atoms with Gasteiger partial charge in [0.2, 0.25) is 0 Å². The summed E-state index contributed by atoms with van der Waals surface area (Å²) in [4.78, 5) is 35.9. The first-order valence-corrected chi connectivity index (χ1v) is 12.2. The van der Waals surface area contributed by atoms with Crippen LogP contribution in [0.5, 0.6) is 0 Å². The van der Waals surface area contributed by atoms with Gasteiger partial charge in [-0.15, -0.1) is 0 Å². The lowest BCUT2D eigenvalue weighted by molar-refractivity contribution is -0.915. The second-order valence-electron chi connectivity index (χ2n) is 9.42. The number of hydrogen-bond acceptors (Lipinski definition) is 5. The third kappa shape index (κ3) is 4.40. The highest BCUT2D eigenvalue weighted by molar-refractivity contribution is 5.71. The molecule has 2 aliphatic rings. The van der Waals surface area contributed by atoms with Crippen molar-refractivity contribution in [3.05, 3.63) is 57.0 Å². The SMILES string of the molecule is Cn1c(=O)c2c(nc(C[NH+]3CCN(c4ccccc4)CC3)n2CC[NH+]2CCOCC2)n(C)c1=O.